The maximum atomic E-state index is 11.3. The lowest BCUT2D eigenvalue weighted by Crippen LogP contribution is -2.33. The predicted molar refractivity (Wildman–Crippen MR) is 57.5 cm³/mol. The van der Waals surface area contributed by atoms with Crippen molar-refractivity contribution in [1.29, 1.82) is 0 Å². The third-order valence-electron chi connectivity index (χ3n) is 1.93. The summed E-state index contributed by atoms with van der Waals surface area (Å²) < 4.78 is 10.3. The van der Waals surface area contributed by atoms with Crippen LogP contribution in [0.25, 0.3) is 0 Å². The Labute approximate surface area is 90.6 Å². The van der Waals surface area contributed by atoms with Crippen molar-refractivity contribution >= 4 is 6.09 Å². The van der Waals surface area contributed by atoms with Gasteiger partial charge in [0.2, 0.25) is 0 Å². The normalized spacial score (nSPS) is 14.5. The average molecular weight is 213 g/mol. The molecule has 15 heavy (non-hydrogen) atoms. The Balaban J connectivity index is 2.31. The van der Waals surface area contributed by atoms with Gasteiger partial charge in [0, 0.05) is 0 Å². The fraction of sp³-hybridized carbons (Fsp3) is 0.727. The topological polar surface area (TPSA) is 47.6 Å². The van der Waals surface area contributed by atoms with Gasteiger partial charge in [-0.1, -0.05) is 0 Å². The van der Waals surface area contributed by atoms with E-state index in [9.17, 15) is 4.79 Å². The quantitative estimate of drug-likeness (QED) is 0.731. The Morgan fingerprint density at radius 2 is 2.00 bits per heavy atom. The summed E-state index contributed by atoms with van der Waals surface area (Å²) in [5.74, 6) is 0.862. The van der Waals surface area contributed by atoms with Gasteiger partial charge in [0.1, 0.15) is 11.4 Å². The molecular formula is C11H19NO3. The summed E-state index contributed by atoms with van der Waals surface area (Å²) in [5.41, 5.74) is 0.831. The van der Waals surface area contributed by atoms with Crippen molar-refractivity contribution in [2.75, 3.05) is 13.7 Å². The van der Waals surface area contributed by atoms with Gasteiger partial charge in [0.25, 0.3) is 0 Å². The second kappa shape index (κ2) is 4.55. The van der Waals surface area contributed by atoms with Crippen LogP contribution in [0.5, 0.6) is 0 Å². The summed E-state index contributed by atoms with van der Waals surface area (Å²) in [6.07, 6.45) is 1.76. The van der Waals surface area contributed by atoms with Crippen molar-refractivity contribution in [2.24, 2.45) is 0 Å². The molecule has 0 unspecified atom stereocenters. The number of ether oxygens (including phenoxy) is 2. The van der Waals surface area contributed by atoms with Crippen LogP contribution in [0, 0.1) is 0 Å². The van der Waals surface area contributed by atoms with E-state index >= 15 is 0 Å². The molecule has 0 aromatic carbocycles. The Bertz CT molecular complexity index is 270. The van der Waals surface area contributed by atoms with Gasteiger partial charge < -0.3 is 14.8 Å². The van der Waals surface area contributed by atoms with E-state index < -0.39 is 11.7 Å². The molecule has 0 aromatic rings. The summed E-state index contributed by atoms with van der Waals surface area (Å²) in [6.45, 7) is 5.93. The van der Waals surface area contributed by atoms with E-state index in [2.05, 4.69) is 5.32 Å². The van der Waals surface area contributed by atoms with Gasteiger partial charge in [-0.05, 0) is 39.2 Å². The minimum atomic E-state index is -0.454. The van der Waals surface area contributed by atoms with E-state index in [1.807, 2.05) is 20.8 Å². The summed E-state index contributed by atoms with van der Waals surface area (Å²) in [5, 5.41) is 2.67. The van der Waals surface area contributed by atoms with Crippen molar-refractivity contribution in [3.63, 3.8) is 0 Å². The maximum absolute atomic E-state index is 11.3. The van der Waals surface area contributed by atoms with E-state index in [1.165, 1.54) is 5.57 Å². The second-order valence-electron chi connectivity index (χ2n) is 4.59. The van der Waals surface area contributed by atoms with Gasteiger partial charge in [-0.3, -0.25) is 0 Å². The summed E-state index contributed by atoms with van der Waals surface area (Å²) >= 11 is 0. The number of allylic oxidation sites excluding steroid dienone is 1. The second-order valence-corrected chi connectivity index (χ2v) is 4.59. The Hall–Kier alpha value is -1.19. The molecule has 0 bridgehead atoms. The Morgan fingerprint density at radius 1 is 1.40 bits per heavy atom. The Morgan fingerprint density at radius 3 is 2.40 bits per heavy atom. The van der Waals surface area contributed by atoms with Gasteiger partial charge in [-0.25, -0.2) is 4.79 Å². The third kappa shape index (κ3) is 4.72. The van der Waals surface area contributed by atoms with Crippen molar-refractivity contribution in [3.05, 3.63) is 11.3 Å². The molecule has 0 aromatic heterocycles. The van der Waals surface area contributed by atoms with Crippen LogP contribution in [0.3, 0.4) is 0 Å². The van der Waals surface area contributed by atoms with Crippen LogP contribution >= 0.6 is 0 Å². The number of hydrogen-bond donors (Lipinski definition) is 1. The molecule has 4 nitrogen and oxygen atoms in total. The van der Waals surface area contributed by atoms with Gasteiger partial charge in [0.15, 0.2) is 0 Å². The number of carbonyl (C=O) groups is 1. The number of rotatable bonds is 3. The lowest BCUT2D eigenvalue weighted by molar-refractivity contribution is 0.0524. The van der Waals surface area contributed by atoms with Crippen LogP contribution in [0.1, 0.15) is 33.6 Å². The van der Waals surface area contributed by atoms with E-state index in [4.69, 9.17) is 9.47 Å². The van der Waals surface area contributed by atoms with E-state index in [0.717, 1.165) is 18.6 Å². The summed E-state index contributed by atoms with van der Waals surface area (Å²) in [6, 6.07) is 0. The molecule has 0 aliphatic heterocycles. The molecule has 1 aliphatic rings. The van der Waals surface area contributed by atoms with Gasteiger partial charge in [-0.2, -0.15) is 0 Å². The first-order valence-electron chi connectivity index (χ1n) is 5.14. The molecule has 1 amide bonds. The van der Waals surface area contributed by atoms with Crippen molar-refractivity contribution in [2.45, 2.75) is 39.2 Å². The fourth-order valence-electron chi connectivity index (χ4n) is 1.15. The van der Waals surface area contributed by atoms with Crippen LogP contribution in [-0.4, -0.2) is 25.3 Å². The molecule has 0 spiro atoms. The zero-order valence-electron chi connectivity index (χ0n) is 9.85. The summed E-state index contributed by atoms with van der Waals surface area (Å²) in [4.78, 5) is 11.3. The number of amides is 1. The summed E-state index contributed by atoms with van der Waals surface area (Å²) in [7, 11) is 1.62. The minimum Gasteiger partial charge on any atom is -0.499 e. The number of nitrogens with one attached hydrogen (secondary N) is 1. The lowest BCUT2D eigenvalue weighted by Gasteiger charge is -2.19. The highest BCUT2D eigenvalue weighted by Crippen LogP contribution is 2.31. The molecule has 1 N–H and O–H groups in total. The molecule has 1 saturated carbocycles. The molecule has 4 heteroatoms. The molecule has 1 aliphatic carbocycles. The number of carbonyl (C=O) groups excluding carboxylic acids is 1. The number of hydrogen-bond acceptors (Lipinski definition) is 3. The number of alkyl carbamates (subject to hydrolysis) is 1. The van der Waals surface area contributed by atoms with Crippen molar-refractivity contribution < 1.29 is 14.3 Å². The highest BCUT2D eigenvalue weighted by molar-refractivity contribution is 5.68. The standard InChI is InChI=1S/C11H19NO3/c1-11(2,3)15-10(13)12-7-9(14-4)8-5-6-8/h5-7H2,1-4H3,(H,12,13). The van der Waals surface area contributed by atoms with Crippen LogP contribution in [0.4, 0.5) is 4.79 Å². The third-order valence-corrected chi connectivity index (χ3v) is 1.93. The molecule has 1 fully saturated rings. The van der Waals surface area contributed by atoms with Crippen LogP contribution in [0.15, 0.2) is 11.3 Å². The highest BCUT2D eigenvalue weighted by atomic mass is 16.6. The van der Waals surface area contributed by atoms with Crippen LogP contribution in [0.2, 0.25) is 0 Å². The average Bonchev–Trinajstić information content (AvgIpc) is 2.85. The monoisotopic (exact) mass is 213 g/mol. The first-order chi connectivity index (χ1) is 6.92. The van der Waals surface area contributed by atoms with Crippen LogP contribution in [-0.2, 0) is 9.47 Å². The predicted octanol–water partition coefficient (Wildman–Crippen LogP) is 2.21. The molecule has 86 valence electrons. The molecule has 0 heterocycles. The van der Waals surface area contributed by atoms with Crippen LogP contribution < -0.4 is 5.32 Å². The molecule has 0 atom stereocenters. The Kier molecular flexibility index (Phi) is 3.61. The molecule has 1 rings (SSSR count). The van der Waals surface area contributed by atoms with Crippen molar-refractivity contribution in [1.82, 2.24) is 5.32 Å². The minimum absolute atomic E-state index is 0.404. The first kappa shape index (κ1) is 11.9. The molecular weight excluding hydrogens is 194 g/mol. The van der Waals surface area contributed by atoms with E-state index in [-0.39, 0.29) is 0 Å². The number of methoxy groups -OCH3 is 1. The molecule has 0 saturated heterocycles. The molecule has 0 radical (unpaired) electrons. The van der Waals surface area contributed by atoms with E-state index in [1.54, 1.807) is 7.11 Å². The van der Waals surface area contributed by atoms with Gasteiger partial charge in [-0.15, -0.1) is 0 Å². The highest BCUT2D eigenvalue weighted by Gasteiger charge is 2.20. The lowest BCUT2D eigenvalue weighted by atomic mass is 10.2. The maximum Gasteiger partial charge on any atom is 0.408 e. The van der Waals surface area contributed by atoms with Gasteiger partial charge in [0.05, 0.1) is 13.7 Å². The first-order valence-corrected chi connectivity index (χ1v) is 5.14. The fourth-order valence-corrected chi connectivity index (χ4v) is 1.15. The zero-order chi connectivity index (χ0) is 11.5. The zero-order valence-corrected chi connectivity index (χ0v) is 9.85. The smallest absolute Gasteiger partial charge is 0.408 e. The largest absolute Gasteiger partial charge is 0.499 e. The van der Waals surface area contributed by atoms with E-state index in [0.29, 0.717) is 6.54 Å². The van der Waals surface area contributed by atoms with Gasteiger partial charge >= 0.3 is 6.09 Å². The van der Waals surface area contributed by atoms with Crippen molar-refractivity contribution in [3.8, 4) is 0 Å². The SMILES string of the molecule is COC(CNC(=O)OC(C)(C)C)=C1CC1.